The zero-order valence-electron chi connectivity index (χ0n) is 19.9. The van der Waals surface area contributed by atoms with E-state index in [1.54, 1.807) is 11.0 Å². The van der Waals surface area contributed by atoms with Crippen molar-refractivity contribution in [3.8, 4) is 11.5 Å². The van der Waals surface area contributed by atoms with Crippen molar-refractivity contribution < 1.29 is 13.9 Å². The molecule has 1 aliphatic rings. The zero-order chi connectivity index (χ0) is 24.8. The molecule has 0 spiro atoms. The predicted molar refractivity (Wildman–Crippen MR) is 140 cm³/mol. The molecule has 5 heteroatoms. The number of hydrogen-bond donors (Lipinski definition) is 0. The molecule has 1 aromatic heterocycles. The van der Waals surface area contributed by atoms with Gasteiger partial charge in [-0.15, -0.1) is 0 Å². The lowest BCUT2D eigenvalue weighted by molar-refractivity contribution is 0.0971. The summed E-state index contributed by atoms with van der Waals surface area (Å²) in [5, 5.41) is 0.467. The van der Waals surface area contributed by atoms with Crippen LogP contribution in [0.25, 0.3) is 11.0 Å². The van der Waals surface area contributed by atoms with Gasteiger partial charge in [-0.2, -0.15) is 0 Å². The van der Waals surface area contributed by atoms with E-state index >= 15 is 0 Å². The molecule has 1 unspecified atom stereocenters. The lowest BCUT2D eigenvalue weighted by Gasteiger charge is -2.25. The fourth-order valence-electron chi connectivity index (χ4n) is 4.75. The average molecular weight is 474 g/mol. The minimum Gasteiger partial charge on any atom is -0.457 e. The van der Waals surface area contributed by atoms with Gasteiger partial charge in [0, 0.05) is 5.69 Å². The van der Waals surface area contributed by atoms with Crippen molar-refractivity contribution in [3.05, 3.63) is 135 Å². The maximum absolute atomic E-state index is 13.8. The van der Waals surface area contributed by atoms with E-state index in [2.05, 4.69) is 0 Å². The minimum absolute atomic E-state index is 0.0799. The van der Waals surface area contributed by atoms with Crippen LogP contribution in [0.3, 0.4) is 0 Å². The normalized spacial score (nSPS) is 14.8. The monoisotopic (exact) mass is 473 g/mol. The Balaban J connectivity index is 1.55. The molecule has 0 saturated carbocycles. The molecule has 0 fully saturated rings. The van der Waals surface area contributed by atoms with Gasteiger partial charge in [0.1, 0.15) is 17.1 Å². The fraction of sp³-hybridized carbons (Fsp3) is 0.0968. The molecule has 0 radical (unpaired) electrons. The summed E-state index contributed by atoms with van der Waals surface area (Å²) < 4.78 is 12.1. The van der Waals surface area contributed by atoms with Crippen LogP contribution in [-0.4, -0.2) is 5.91 Å². The van der Waals surface area contributed by atoms with Gasteiger partial charge >= 0.3 is 0 Å². The number of carbonyl (C=O) groups is 1. The summed E-state index contributed by atoms with van der Waals surface area (Å²) in [5.41, 5.74) is 4.03. The van der Waals surface area contributed by atoms with E-state index in [-0.39, 0.29) is 17.1 Å². The number of carbonyl (C=O) groups excluding carboxylic acids is 1. The summed E-state index contributed by atoms with van der Waals surface area (Å²) >= 11 is 0. The summed E-state index contributed by atoms with van der Waals surface area (Å²) in [4.78, 5) is 29.2. The van der Waals surface area contributed by atoms with Crippen molar-refractivity contribution in [3.63, 3.8) is 0 Å². The van der Waals surface area contributed by atoms with Gasteiger partial charge in [0.15, 0.2) is 5.43 Å². The Hall–Kier alpha value is -4.64. The fourth-order valence-corrected chi connectivity index (χ4v) is 4.75. The van der Waals surface area contributed by atoms with Crippen molar-refractivity contribution in [1.82, 2.24) is 0 Å². The van der Waals surface area contributed by atoms with E-state index in [0.717, 1.165) is 16.7 Å². The second-order valence-electron chi connectivity index (χ2n) is 9.07. The lowest BCUT2D eigenvalue weighted by Crippen LogP contribution is -2.29. The highest BCUT2D eigenvalue weighted by Crippen LogP contribution is 2.42. The summed E-state index contributed by atoms with van der Waals surface area (Å²) in [6.07, 6.45) is 0. The molecule has 0 bridgehead atoms. The van der Waals surface area contributed by atoms with Crippen molar-refractivity contribution in [2.24, 2.45) is 0 Å². The Morgan fingerprint density at radius 1 is 0.750 bits per heavy atom. The van der Waals surface area contributed by atoms with E-state index in [4.69, 9.17) is 9.15 Å². The molecule has 6 rings (SSSR count). The van der Waals surface area contributed by atoms with Crippen molar-refractivity contribution in [2.45, 2.75) is 19.9 Å². The number of amides is 1. The van der Waals surface area contributed by atoms with Crippen molar-refractivity contribution in [1.29, 1.82) is 0 Å². The van der Waals surface area contributed by atoms with Crippen molar-refractivity contribution >= 4 is 22.6 Å². The number of ether oxygens (including phenoxy) is 1. The standard InChI is InChI=1S/C31H23NO4/c1-19-11-14-22(15-12-19)32-28(21-7-6-10-24(18-21)35-23-8-4-3-5-9-23)27-29(33)25-17-20(2)13-16-26(25)36-30(27)31(32)34/h3-18,28H,1-2H3. The number of rotatable bonds is 4. The molecule has 4 aromatic carbocycles. The first kappa shape index (κ1) is 21.9. The molecule has 1 atom stereocenters. The molecule has 176 valence electrons. The molecular formula is C31H23NO4. The molecule has 5 aromatic rings. The van der Waals surface area contributed by atoms with Gasteiger partial charge in [0.25, 0.3) is 5.91 Å². The third-order valence-electron chi connectivity index (χ3n) is 6.49. The van der Waals surface area contributed by atoms with Crippen LogP contribution in [-0.2, 0) is 0 Å². The number of para-hydroxylation sites is 1. The topological polar surface area (TPSA) is 59.8 Å². The first-order valence-corrected chi connectivity index (χ1v) is 11.8. The Kier molecular flexibility index (Phi) is 5.19. The van der Waals surface area contributed by atoms with Crippen LogP contribution in [0.5, 0.6) is 11.5 Å². The number of benzene rings is 4. The number of nitrogens with zero attached hydrogens (tertiary/aromatic N) is 1. The number of anilines is 1. The smallest absolute Gasteiger partial charge is 0.295 e. The second-order valence-corrected chi connectivity index (χ2v) is 9.07. The maximum Gasteiger partial charge on any atom is 0.295 e. The van der Waals surface area contributed by atoms with Crippen LogP contribution in [0.2, 0.25) is 0 Å². The highest BCUT2D eigenvalue weighted by atomic mass is 16.5. The Morgan fingerprint density at radius 2 is 1.47 bits per heavy atom. The largest absolute Gasteiger partial charge is 0.457 e. The highest BCUT2D eigenvalue weighted by Gasteiger charge is 2.43. The Morgan fingerprint density at radius 3 is 2.25 bits per heavy atom. The third kappa shape index (κ3) is 3.66. The van der Waals surface area contributed by atoms with E-state index in [9.17, 15) is 9.59 Å². The molecule has 0 aliphatic carbocycles. The van der Waals surface area contributed by atoms with E-state index in [1.165, 1.54) is 0 Å². The molecule has 0 N–H and O–H groups in total. The first-order valence-electron chi connectivity index (χ1n) is 11.8. The van der Waals surface area contributed by atoms with Gasteiger partial charge < -0.3 is 9.15 Å². The molecule has 1 amide bonds. The minimum atomic E-state index is -0.657. The quantitative estimate of drug-likeness (QED) is 0.283. The molecule has 5 nitrogen and oxygen atoms in total. The van der Waals surface area contributed by atoms with Gasteiger partial charge in [0.2, 0.25) is 5.76 Å². The Bertz CT molecular complexity index is 1670. The average Bonchev–Trinajstić information content (AvgIpc) is 3.18. The molecule has 36 heavy (non-hydrogen) atoms. The van der Waals surface area contributed by atoms with Gasteiger partial charge in [-0.1, -0.05) is 59.7 Å². The SMILES string of the molecule is Cc1ccc(N2C(=O)c3oc4ccc(C)cc4c(=O)c3C2c2cccc(Oc3ccccc3)c2)cc1. The summed E-state index contributed by atoms with van der Waals surface area (Å²) in [6, 6.07) is 29.5. The number of fused-ring (bicyclic) bond motifs is 2. The predicted octanol–water partition coefficient (Wildman–Crippen LogP) is 6.95. The summed E-state index contributed by atoms with van der Waals surface area (Å²) in [7, 11) is 0. The van der Waals surface area contributed by atoms with E-state index in [0.29, 0.717) is 33.7 Å². The molecule has 2 heterocycles. The van der Waals surface area contributed by atoms with Crippen LogP contribution >= 0.6 is 0 Å². The van der Waals surface area contributed by atoms with Gasteiger partial charge in [-0.3, -0.25) is 14.5 Å². The Labute approximate surface area is 208 Å². The maximum atomic E-state index is 13.8. The van der Waals surface area contributed by atoms with Crippen LogP contribution in [0, 0.1) is 13.8 Å². The lowest BCUT2D eigenvalue weighted by atomic mass is 9.97. The summed E-state index contributed by atoms with van der Waals surface area (Å²) in [5.74, 6) is 1.06. The number of aryl methyl sites for hydroxylation is 2. The van der Waals surface area contributed by atoms with E-state index < -0.39 is 6.04 Å². The highest BCUT2D eigenvalue weighted by molar-refractivity contribution is 6.10. The molecule has 0 saturated heterocycles. The molecule has 1 aliphatic heterocycles. The molecular weight excluding hydrogens is 450 g/mol. The zero-order valence-corrected chi connectivity index (χ0v) is 19.9. The number of hydrogen-bond acceptors (Lipinski definition) is 4. The van der Waals surface area contributed by atoms with Crippen LogP contribution in [0.15, 0.2) is 106 Å². The van der Waals surface area contributed by atoms with Crippen molar-refractivity contribution in [2.75, 3.05) is 4.90 Å². The van der Waals surface area contributed by atoms with Crippen LogP contribution < -0.4 is 15.1 Å². The van der Waals surface area contributed by atoms with Gasteiger partial charge in [0.05, 0.1) is 17.0 Å². The summed E-state index contributed by atoms with van der Waals surface area (Å²) in [6.45, 7) is 3.92. The van der Waals surface area contributed by atoms with Crippen LogP contribution in [0.1, 0.15) is 38.9 Å². The van der Waals surface area contributed by atoms with Gasteiger partial charge in [-0.25, -0.2) is 0 Å². The first-order chi connectivity index (χ1) is 17.5. The van der Waals surface area contributed by atoms with Gasteiger partial charge in [-0.05, 0) is 67.9 Å². The third-order valence-corrected chi connectivity index (χ3v) is 6.49. The second kappa shape index (κ2) is 8.54. The van der Waals surface area contributed by atoms with E-state index in [1.807, 2.05) is 105 Å². The van der Waals surface area contributed by atoms with Crippen LogP contribution in [0.4, 0.5) is 5.69 Å².